The summed E-state index contributed by atoms with van der Waals surface area (Å²) >= 11 is 3.49. The Morgan fingerprint density at radius 2 is 2.04 bits per heavy atom. The van der Waals surface area contributed by atoms with Crippen molar-refractivity contribution in [3.8, 4) is 5.75 Å². The van der Waals surface area contributed by atoms with Crippen LogP contribution in [0.25, 0.3) is 0 Å². The first-order valence-electron chi connectivity index (χ1n) is 8.07. The lowest BCUT2D eigenvalue weighted by molar-refractivity contribution is -0.0507. The first-order chi connectivity index (χ1) is 12.6. The number of nitrogens with zero attached hydrogens (tertiary/aromatic N) is 3. The fourth-order valence-electron chi connectivity index (χ4n) is 3.28. The van der Waals surface area contributed by atoms with Gasteiger partial charge in [-0.25, -0.2) is 4.68 Å². The van der Waals surface area contributed by atoms with Gasteiger partial charge >= 0.3 is 6.61 Å². The van der Waals surface area contributed by atoms with E-state index in [1.807, 2.05) is 24.3 Å². The third-order valence-electron chi connectivity index (χ3n) is 4.38. The number of halogens is 3. The summed E-state index contributed by atoms with van der Waals surface area (Å²) in [5, 5.41) is 7.63. The largest absolute Gasteiger partial charge is 0.434 e. The lowest BCUT2D eigenvalue weighted by atomic mass is 9.93. The van der Waals surface area contributed by atoms with Gasteiger partial charge in [-0.3, -0.25) is 0 Å². The molecule has 0 unspecified atom stereocenters. The van der Waals surface area contributed by atoms with Crippen LogP contribution in [0.2, 0.25) is 0 Å². The predicted molar refractivity (Wildman–Crippen MR) is 96.4 cm³/mol. The van der Waals surface area contributed by atoms with Crippen molar-refractivity contribution < 1.29 is 13.5 Å². The minimum atomic E-state index is -2.88. The van der Waals surface area contributed by atoms with Crippen molar-refractivity contribution in [2.45, 2.75) is 25.1 Å². The van der Waals surface area contributed by atoms with E-state index in [-0.39, 0.29) is 17.8 Å². The van der Waals surface area contributed by atoms with Crippen molar-refractivity contribution in [1.29, 1.82) is 0 Å². The third kappa shape index (κ3) is 3.29. The van der Waals surface area contributed by atoms with Gasteiger partial charge in [0.15, 0.2) is 0 Å². The molecule has 0 fully saturated rings. The van der Waals surface area contributed by atoms with E-state index in [2.05, 4.69) is 31.3 Å². The molecule has 2 atom stereocenters. The molecule has 8 heteroatoms. The number of nitrogens with one attached hydrogen (secondary N) is 1. The Hall–Kier alpha value is -2.48. The molecule has 134 valence electrons. The number of para-hydroxylation sites is 1. The van der Waals surface area contributed by atoms with E-state index < -0.39 is 6.61 Å². The van der Waals surface area contributed by atoms with Gasteiger partial charge < -0.3 is 10.1 Å². The Balaban J connectivity index is 1.74. The second-order valence-electron chi connectivity index (χ2n) is 5.95. The lowest BCUT2D eigenvalue weighted by Crippen LogP contribution is -2.28. The number of hydrogen-bond donors (Lipinski definition) is 1. The average molecular weight is 421 g/mol. The number of rotatable bonds is 4. The molecule has 0 aliphatic carbocycles. The number of ether oxygens (including phenoxy) is 1. The first kappa shape index (κ1) is 17.0. The Kier molecular flexibility index (Phi) is 4.58. The average Bonchev–Trinajstić information content (AvgIpc) is 3.09. The molecule has 4 rings (SSSR count). The summed E-state index contributed by atoms with van der Waals surface area (Å²) in [6, 6.07) is 14.5. The highest BCUT2D eigenvalue weighted by molar-refractivity contribution is 9.10. The summed E-state index contributed by atoms with van der Waals surface area (Å²) in [7, 11) is 0. The van der Waals surface area contributed by atoms with E-state index in [1.165, 1.54) is 6.33 Å². The minimum Gasteiger partial charge on any atom is -0.434 e. The molecule has 1 aromatic heterocycles. The van der Waals surface area contributed by atoms with E-state index in [0.717, 1.165) is 10.0 Å². The number of anilines is 1. The summed E-state index contributed by atoms with van der Waals surface area (Å²) in [5.74, 6) is 0.752. The van der Waals surface area contributed by atoms with Crippen LogP contribution in [0.1, 0.15) is 29.6 Å². The highest BCUT2D eigenvalue weighted by atomic mass is 79.9. The monoisotopic (exact) mass is 420 g/mol. The van der Waals surface area contributed by atoms with Crippen molar-refractivity contribution in [3.63, 3.8) is 0 Å². The van der Waals surface area contributed by atoms with Crippen LogP contribution >= 0.6 is 15.9 Å². The molecule has 1 aliphatic rings. The third-order valence-corrected chi connectivity index (χ3v) is 4.87. The van der Waals surface area contributed by atoms with Crippen LogP contribution in [0, 0.1) is 0 Å². The number of hydrogen-bond acceptors (Lipinski definition) is 4. The summed E-state index contributed by atoms with van der Waals surface area (Å²) in [6.45, 7) is -2.88. The van der Waals surface area contributed by atoms with Gasteiger partial charge in [0.25, 0.3) is 0 Å². The molecule has 26 heavy (non-hydrogen) atoms. The van der Waals surface area contributed by atoms with Gasteiger partial charge in [0.05, 0.1) is 12.1 Å². The fraction of sp³-hybridized carbons (Fsp3) is 0.222. The van der Waals surface area contributed by atoms with Gasteiger partial charge in [0.1, 0.15) is 12.1 Å². The predicted octanol–water partition coefficient (Wildman–Crippen LogP) is 4.79. The summed E-state index contributed by atoms with van der Waals surface area (Å²) < 4.78 is 33.0. The SMILES string of the molecule is FC(F)Oc1ccccc1[C@@H]1C[C@@H](c2cccc(Br)c2)Nc2ncnn21. The zero-order chi connectivity index (χ0) is 18.1. The maximum atomic E-state index is 12.8. The Morgan fingerprint density at radius 1 is 1.19 bits per heavy atom. The zero-order valence-corrected chi connectivity index (χ0v) is 15.1. The minimum absolute atomic E-state index is 0.0335. The fourth-order valence-corrected chi connectivity index (χ4v) is 3.70. The van der Waals surface area contributed by atoms with Gasteiger partial charge in [-0.05, 0) is 30.2 Å². The molecule has 1 N–H and O–H groups in total. The van der Waals surface area contributed by atoms with Crippen molar-refractivity contribution in [1.82, 2.24) is 14.8 Å². The topological polar surface area (TPSA) is 52.0 Å². The molecule has 2 heterocycles. The molecule has 0 radical (unpaired) electrons. The number of fused-ring (bicyclic) bond motifs is 1. The highest BCUT2D eigenvalue weighted by Gasteiger charge is 2.32. The summed E-state index contributed by atoms with van der Waals surface area (Å²) in [4.78, 5) is 4.26. The van der Waals surface area contributed by atoms with E-state index in [4.69, 9.17) is 4.74 Å². The Labute approximate surface area is 157 Å². The van der Waals surface area contributed by atoms with Crippen LogP contribution in [-0.2, 0) is 0 Å². The molecule has 3 aromatic rings. The maximum absolute atomic E-state index is 12.8. The van der Waals surface area contributed by atoms with Gasteiger partial charge in [-0.2, -0.15) is 18.9 Å². The van der Waals surface area contributed by atoms with E-state index >= 15 is 0 Å². The Morgan fingerprint density at radius 3 is 2.85 bits per heavy atom. The van der Waals surface area contributed by atoms with Crippen molar-refractivity contribution in [3.05, 3.63) is 70.5 Å². The standard InChI is InChI=1S/C18H15BrF2N4O/c19-12-5-3-4-11(8-12)14-9-15(25-18(24-14)22-10-23-25)13-6-1-2-7-16(13)26-17(20)21/h1-8,10,14-15,17H,9H2,(H,22,23,24)/t14-,15-/m0/s1. The van der Waals surface area contributed by atoms with Crippen LogP contribution in [0.3, 0.4) is 0 Å². The number of benzene rings is 2. The van der Waals surface area contributed by atoms with Crippen molar-refractivity contribution in [2.75, 3.05) is 5.32 Å². The van der Waals surface area contributed by atoms with Gasteiger partial charge in [0.2, 0.25) is 5.95 Å². The van der Waals surface area contributed by atoms with Crippen molar-refractivity contribution in [2.24, 2.45) is 0 Å². The molecular weight excluding hydrogens is 406 g/mol. The number of aromatic nitrogens is 3. The molecule has 1 aliphatic heterocycles. The maximum Gasteiger partial charge on any atom is 0.387 e. The second kappa shape index (κ2) is 7.03. The number of alkyl halides is 2. The molecule has 0 saturated heterocycles. The molecule has 0 saturated carbocycles. The van der Waals surface area contributed by atoms with Crippen LogP contribution in [0.15, 0.2) is 59.3 Å². The second-order valence-corrected chi connectivity index (χ2v) is 6.86. The zero-order valence-electron chi connectivity index (χ0n) is 13.5. The molecule has 5 nitrogen and oxygen atoms in total. The first-order valence-corrected chi connectivity index (χ1v) is 8.86. The highest BCUT2D eigenvalue weighted by Crippen LogP contribution is 2.40. The van der Waals surface area contributed by atoms with Crippen molar-refractivity contribution >= 4 is 21.9 Å². The quantitative estimate of drug-likeness (QED) is 0.659. The van der Waals surface area contributed by atoms with Crippen LogP contribution < -0.4 is 10.1 Å². The van der Waals surface area contributed by atoms with Gasteiger partial charge in [0, 0.05) is 10.0 Å². The van der Waals surface area contributed by atoms with E-state index in [1.54, 1.807) is 28.9 Å². The Bertz CT molecular complexity index is 917. The van der Waals surface area contributed by atoms with E-state index in [9.17, 15) is 8.78 Å². The molecule has 0 amide bonds. The van der Waals surface area contributed by atoms with E-state index in [0.29, 0.717) is 17.9 Å². The normalized spacial score (nSPS) is 19.1. The van der Waals surface area contributed by atoms with Gasteiger partial charge in [-0.1, -0.05) is 46.3 Å². The van der Waals surface area contributed by atoms with Crippen LogP contribution in [0.5, 0.6) is 5.75 Å². The lowest BCUT2D eigenvalue weighted by Gasteiger charge is -2.32. The summed E-state index contributed by atoms with van der Waals surface area (Å²) in [5.41, 5.74) is 1.73. The van der Waals surface area contributed by atoms with Crippen LogP contribution in [0.4, 0.5) is 14.7 Å². The van der Waals surface area contributed by atoms with Gasteiger partial charge in [-0.15, -0.1) is 0 Å². The molecule has 0 bridgehead atoms. The summed E-state index contributed by atoms with van der Waals surface area (Å²) in [6.07, 6.45) is 2.08. The van der Waals surface area contributed by atoms with Crippen LogP contribution in [-0.4, -0.2) is 21.4 Å². The molecular formula is C18H15BrF2N4O. The smallest absolute Gasteiger partial charge is 0.387 e. The molecule has 0 spiro atoms. The molecule has 2 aromatic carbocycles.